The van der Waals surface area contributed by atoms with Crippen LogP contribution in [0.5, 0.6) is 0 Å². The Morgan fingerprint density at radius 3 is 2.81 bits per heavy atom. The van der Waals surface area contributed by atoms with E-state index in [1.54, 1.807) is 11.3 Å². The average Bonchev–Trinajstić information content (AvgIpc) is 3.16. The van der Waals surface area contributed by atoms with E-state index >= 15 is 0 Å². The first-order valence-corrected chi connectivity index (χ1v) is 6.79. The molecule has 0 unspecified atom stereocenters. The molecule has 108 valence electrons. The maximum absolute atomic E-state index is 5.37. The fraction of sp³-hybridized carbons (Fsp3) is 0.200. The first-order chi connectivity index (χ1) is 10.2. The fourth-order valence-electron chi connectivity index (χ4n) is 1.56. The largest absolute Gasteiger partial charge is 0.348 e. The summed E-state index contributed by atoms with van der Waals surface area (Å²) in [6.45, 7) is 2.52. The highest BCUT2D eigenvalue weighted by Crippen LogP contribution is 2.13. The molecule has 10 nitrogen and oxygen atoms in total. The predicted octanol–water partition coefficient (Wildman–Crippen LogP) is 0.115. The molecule has 0 saturated carbocycles. The van der Waals surface area contributed by atoms with E-state index in [1.165, 1.54) is 17.3 Å². The molecule has 0 saturated heterocycles. The quantitative estimate of drug-likeness (QED) is 0.444. The summed E-state index contributed by atoms with van der Waals surface area (Å²) in [4.78, 5) is 21.7. The Morgan fingerprint density at radius 2 is 2.14 bits per heavy atom. The van der Waals surface area contributed by atoms with Crippen molar-refractivity contribution in [3.05, 3.63) is 28.7 Å². The smallest absolute Gasteiger partial charge is 0.258 e. The van der Waals surface area contributed by atoms with Gasteiger partial charge in [0.2, 0.25) is 11.9 Å². The number of hydrogen-bond donors (Lipinski definition) is 3. The summed E-state index contributed by atoms with van der Waals surface area (Å²) in [7, 11) is 0. The van der Waals surface area contributed by atoms with Gasteiger partial charge in [-0.3, -0.25) is 5.43 Å². The molecular formula is C10H12N10S. The fourth-order valence-corrected chi connectivity index (χ4v) is 2.29. The van der Waals surface area contributed by atoms with Gasteiger partial charge in [0, 0.05) is 11.1 Å². The summed E-state index contributed by atoms with van der Waals surface area (Å²) in [5.74, 6) is 6.28. The Hall–Kier alpha value is -2.66. The molecule has 0 spiro atoms. The molecule has 3 heterocycles. The van der Waals surface area contributed by atoms with Gasteiger partial charge in [-0.15, -0.1) is 11.3 Å². The Balaban J connectivity index is 1.82. The third-order valence-electron chi connectivity index (χ3n) is 2.44. The molecule has 0 bridgehead atoms. The normalized spacial score (nSPS) is 10.6. The molecule has 0 aromatic carbocycles. The number of hydrogen-bond acceptors (Lipinski definition) is 10. The van der Waals surface area contributed by atoms with Gasteiger partial charge in [-0.05, 0) is 6.92 Å². The topological polar surface area (TPSA) is 132 Å². The Bertz CT molecular complexity index is 721. The van der Waals surface area contributed by atoms with Gasteiger partial charge in [0.15, 0.2) is 0 Å². The van der Waals surface area contributed by atoms with Gasteiger partial charge >= 0.3 is 0 Å². The summed E-state index contributed by atoms with van der Waals surface area (Å²) in [6.07, 6.45) is 4.71. The molecule has 0 aliphatic rings. The number of aryl methyl sites for hydroxylation is 1. The minimum Gasteiger partial charge on any atom is -0.348 e. The van der Waals surface area contributed by atoms with Crippen molar-refractivity contribution >= 4 is 23.2 Å². The van der Waals surface area contributed by atoms with Crippen LogP contribution in [0.4, 0.5) is 11.9 Å². The van der Waals surface area contributed by atoms with E-state index < -0.39 is 0 Å². The van der Waals surface area contributed by atoms with Crippen molar-refractivity contribution in [2.24, 2.45) is 5.84 Å². The van der Waals surface area contributed by atoms with Crippen molar-refractivity contribution in [1.82, 2.24) is 34.7 Å². The Kier molecular flexibility index (Phi) is 3.66. The van der Waals surface area contributed by atoms with Crippen molar-refractivity contribution in [3.8, 4) is 5.95 Å². The van der Waals surface area contributed by atoms with Crippen LogP contribution in [0.1, 0.15) is 9.88 Å². The second-order valence-corrected chi connectivity index (χ2v) is 5.30. The van der Waals surface area contributed by atoms with Gasteiger partial charge in [-0.2, -0.15) is 24.7 Å². The SMILES string of the molecule is Cc1cnc(CNc2nc(NN)nc(-n3cncn3)n2)s1. The van der Waals surface area contributed by atoms with Crippen LogP contribution in [0.2, 0.25) is 0 Å². The molecule has 4 N–H and O–H groups in total. The van der Waals surface area contributed by atoms with Gasteiger partial charge in [-0.1, -0.05) is 0 Å². The number of thiazole rings is 1. The molecule has 0 fully saturated rings. The number of nitrogens with zero attached hydrogens (tertiary/aromatic N) is 7. The lowest BCUT2D eigenvalue weighted by atomic mass is 10.6. The van der Waals surface area contributed by atoms with Crippen molar-refractivity contribution in [2.75, 3.05) is 10.7 Å². The van der Waals surface area contributed by atoms with E-state index in [4.69, 9.17) is 5.84 Å². The summed E-state index contributed by atoms with van der Waals surface area (Å²) >= 11 is 1.61. The number of hydrazine groups is 1. The van der Waals surface area contributed by atoms with Crippen LogP contribution in [-0.2, 0) is 6.54 Å². The maximum Gasteiger partial charge on any atom is 0.258 e. The second kappa shape index (κ2) is 5.76. The third kappa shape index (κ3) is 3.09. The molecule has 3 rings (SSSR count). The van der Waals surface area contributed by atoms with E-state index in [0.717, 1.165) is 9.88 Å². The van der Waals surface area contributed by atoms with Crippen LogP contribution >= 0.6 is 11.3 Å². The van der Waals surface area contributed by atoms with Gasteiger partial charge in [0.1, 0.15) is 17.7 Å². The first kappa shape index (κ1) is 13.3. The molecule has 0 radical (unpaired) electrons. The molecule has 3 aromatic heterocycles. The van der Waals surface area contributed by atoms with Gasteiger partial charge in [0.25, 0.3) is 5.95 Å². The molecule has 0 aliphatic carbocycles. The van der Waals surface area contributed by atoms with E-state index in [-0.39, 0.29) is 5.95 Å². The minimum absolute atomic E-state index is 0.230. The summed E-state index contributed by atoms with van der Waals surface area (Å²) < 4.78 is 1.42. The van der Waals surface area contributed by atoms with Gasteiger partial charge < -0.3 is 5.32 Å². The summed E-state index contributed by atoms with van der Waals surface area (Å²) in [5, 5.41) is 7.99. The van der Waals surface area contributed by atoms with Crippen molar-refractivity contribution in [2.45, 2.75) is 13.5 Å². The maximum atomic E-state index is 5.37. The van der Waals surface area contributed by atoms with Crippen LogP contribution in [0.15, 0.2) is 18.9 Å². The van der Waals surface area contributed by atoms with E-state index in [9.17, 15) is 0 Å². The average molecular weight is 304 g/mol. The van der Waals surface area contributed by atoms with E-state index in [0.29, 0.717) is 18.4 Å². The molecule has 0 atom stereocenters. The van der Waals surface area contributed by atoms with Crippen LogP contribution in [0, 0.1) is 6.92 Å². The number of nitrogens with one attached hydrogen (secondary N) is 2. The number of anilines is 2. The van der Waals surface area contributed by atoms with Gasteiger partial charge in [-0.25, -0.2) is 15.8 Å². The number of aromatic nitrogens is 7. The summed E-state index contributed by atoms with van der Waals surface area (Å²) in [6, 6.07) is 0. The number of rotatable bonds is 5. The lowest BCUT2D eigenvalue weighted by Gasteiger charge is -2.07. The molecular weight excluding hydrogens is 292 g/mol. The van der Waals surface area contributed by atoms with E-state index in [2.05, 4.69) is 40.8 Å². The van der Waals surface area contributed by atoms with Crippen molar-refractivity contribution < 1.29 is 0 Å². The minimum atomic E-state index is 0.230. The lowest BCUT2D eigenvalue weighted by Crippen LogP contribution is -2.16. The second-order valence-electron chi connectivity index (χ2n) is 3.99. The van der Waals surface area contributed by atoms with Crippen LogP contribution < -0.4 is 16.6 Å². The lowest BCUT2D eigenvalue weighted by molar-refractivity contribution is 0.794. The Labute approximate surface area is 123 Å². The van der Waals surface area contributed by atoms with Gasteiger partial charge in [0.05, 0.1) is 6.54 Å². The molecule has 0 aliphatic heterocycles. The third-order valence-corrected chi connectivity index (χ3v) is 3.36. The van der Waals surface area contributed by atoms with Crippen LogP contribution in [0.25, 0.3) is 5.95 Å². The first-order valence-electron chi connectivity index (χ1n) is 5.97. The molecule has 0 amide bonds. The zero-order valence-corrected chi connectivity index (χ0v) is 11.9. The molecule has 3 aromatic rings. The highest BCUT2D eigenvalue weighted by atomic mass is 32.1. The number of nitrogens with two attached hydrogens (primary N) is 1. The van der Waals surface area contributed by atoms with Crippen molar-refractivity contribution in [1.29, 1.82) is 0 Å². The Morgan fingerprint density at radius 1 is 1.29 bits per heavy atom. The predicted molar refractivity (Wildman–Crippen MR) is 76.7 cm³/mol. The number of nitrogen functional groups attached to an aromatic ring is 1. The monoisotopic (exact) mass is 304 g/mol. The zero-order chi connectivity index (χ0) is 14.7. The zero-order valence-electron chi connectivity index (χ0n) is 11.1. The molecule has 11 heteroatoms. The highest BCUT2D eigenvalue weighted by Gasteiger charge is 2.08. The van der Waals surface area contributed by atoms with Crippen molar-refractivity contribution in [3.63, 3.8) is 0 Å². The standard InChI is InChI=1S/C10H12N10S/c1-6-2-13-7(21-6)3-14-8-16-9(19-11)18-10(17-8)20-5-12-4-15-20/h2,4-5H,3,11H2,1H3,(H2,14,16,17,18,19). The highest BCUT2D eigenvalue weighted by molar-refractivity contribution is 7.11. The van der Waals surface area contributed by atoms with Crippen LogP contribution in [0.3, 0.4) is 0 Å². The van der Waals surface area contributed by atoms with E-state index in [1.807, 2.05) is 13.1 Å². The molecule has 21 heavy (non-hydrogen) atoms. The summed E-state index contributed by atoms with van der Waals surface area (Å²) in [5.41, 5.74) is 2.40. The van der Waals surface area contributed by atoms with Crippen LogP contribution in [-0.4, -0.2) is 34.7 Å².